The number of carbonyl (C=O) groups excluding carboxylic acids is 1. The molecule has 1 aromatic rings. The third kappa shape index (κ3) is 3.87. The zero-order valence-corrected chi connectivity index (χ0v) is 12.5. The fourth-order valence-corrected chi connectivity index (χ4v) is 2.57. The van der Waals surface area contributed by atoms with Crippen LogP contribution in [0.1, 0.15) is 18.4 Å². The van der Waals surface area contributed by atoms with E-state index in [4.69, 9.17) is 4.74 Å². The Hall–Kier alpha value is -1.85. The Kier molecular flexibility index (Phi) is 4.75. The van der Waals surface area contributed by atoms with Crippen molar-refractivity contribution in [1.82, 2.24) is 10.2 Å². The number of aliphatic hydroxyl groups excluding tert-OH is 1. The first-order valence-corrected chi connectivity index (χ1v) is 7.78. The standard InChI is InChI=1S/C17H22N2O3/c20-16-12-22-11-15(16)18-17(21)19(14-8-9-14)10-4-7-13-5-2-1-3-6-13/h1-7,14-16,20H,8-12H2,(H,18,21)/t15-,16-/m0/s1. The summed E-state index contributed by atoms with van der Waals surface area (Å²) in [5.41, 5.74) is 1.12. The molecule has 0 unspecified atom stereocenters. The molecule has 2 amide bonds. The van der Waals surface area contributed by atoms with Gasteiger partial charge in [0.1, 0.15) is 0 Å². The fraction of sp³-hybridized carbons (Fsp3) is 0.471. The zero-order valence-electron chi connectivity index (χ0n) is 12.5. The van der Waals surface area contributed by atoms with E-state index in [1.807, 2.05) is 47.4 Å². The van der Waals surface area contributed by atoms with Crippen LogP contribution in [0.25, 0.3) is 6.08 Å². The zero-order chi connectivity index (χ0) is 15.4. The number of urea groups is 1. The molecule has 0 radical (unpaired) electrons. The van der Waals surface area contributed by atoms with Gasteiger partial charge in [-0.25, -0.2) is 4.79 Å². The number of hydrogen-bond donors (Lipinski definition) is 2. The molecular formula is C17H22N2O3. The minimum absolute atomic E-state index is 0.116. The topological polar surface area (TPSA) is 61.8 Å². The summed E-state index contributed by atoms with van der Waals surface area (Å²) in [7, 11) is 0. The lowest BCUT2D eigenvalue weighted by molar-refractivity contribution is 0.121. The summed E-state index contributed by atoms with van der Waals surface area (Å²) < 4.78 is 5.17. The van der Waals surface area contributed by atoms with E-state index in [0.29, 0.717) is 25.8 Å². The molecule has 0 bridgehead atoms. The molecule has 22 heavy (non-hydrogen) atoms. The van der Waals surface area contributed by atoms with Crippen LogP contribution in [-0.2, 0) is 4.74 Å². The molecular weight excluding hydrogens is 280 g/mol. The quantitative estimate of drug-likeness (QED) is 0.869. The first kappa shape index (κ1) is 15.1. The second-order valence-corrected chi connectivity index (χ2v) is 5.86. The maximum atomic E-state index is 12.4. The Bertz CT molecular complexity index is 528. The molecule has 5 heteroatoms. The van der Waals surface area contributed by atoms with Crippen LogP contribution in [0.3, 0.4) is 0 Å². The molecule has 0 aromatic heterocycles. The fourth-order valence-electron chi connectivity index (χ4n) is 2.57. The van der Waals surface area contributed by atoms with Crippen LogP contribution in [0.15, 0.2) is 36.4 Å². The summed E-state index contributed by atoms with van der Waals surface area (Å²) >= 11 is 0. The number of amides is 2. The Morgan fingerprint density at radius 1 is 1.32 bits per heavy atom. The maximum absolute atomic E-state index is 12.4. The number of aliphatic hydroxyl groups is 1. The number of carbonyl (C=O) groups is 1. The average Bonchev–Trinajstić information content (AvgIpc) is 3.29. The van der Waals surface area contributed by atoms with Crippen LogP contribution in [0, 0.1) is 0 Å². The summed E-state index contributed by atoms with van der Waals surface area (Å²) in [6.07, 6.45) is 5.53. The molecule has 1 aliphatic heterocycles. The van der Waals surface area contributed by atoms with Gasteiger partial charge in [0.05, 0.1) is 25.4 Å². The molecule has 2 N–H and O–H groups in total. The van der Waals surface area contributed by atoms with E-state index >= 15 is 0 Å². The van der Waals surface area contributed by atoms with Gasteiger partial charge in [-0.1, -0.05) is 42.5 Å². The number of hydrogen-bond acceptors (Lipinski definition) is 3. The van der Waals surface area contributed by atoms with Crippen LogP contribution in [-0.4, -0.2) is 54.0 Å². The van der Waals surface area contributed by atoms with Crippen molar-refractivity contribution in [3.05, 3.63) is 42.0 Å². The van der Waals surface area contributed by atoms with E-state index in [-0.39, 0.29) is 12.1 Å². The molecule has 1 saturated heterocycles. The van der Waals surface area contributed by atoms with Crippen molar-refractivity contribution in [2.75, 3.05) is 19.8 Å². The number of benzene rings is 1. The minimum atomic E-state index is -0.607. The summed E-state index contributed by atoms with van der Waals surface area (Å²) in [5.74, 6) is 0. The first-order chi connectivity index (χ1) is 10.7. The van der Waals surface area contributed by atoms with Crippen molar-refractivity contribution in [3.63, 3.8) is 0 Å². The number of ether oxygens (including phenoxy) is 1. The number of nitrogens with zero attached hydrogens (tertiary/aromatic N) is 1. The number of rotatable bonds is 5. The second kappa shape index (κ2) is 6.94. The van der Waals surface area contributed by atoms with E-state index in [1.54, 1.807) is 0 Å². The normalized spacial score (nSPS) is 24.6. The lowest BCUT2D eigenvalue weighted by Gasteiger charge is -2.24. The van der Waals surface area contributed by atoms with Crippen LogP contribution in [0.5, 0.6) is 0 Å². The third-order valence-corrected chi connectivity index (χ3v) is 4.02. The molecule has 2 fully saturated rings. The molecule has 2 aliphatic rings. The highest BCUT2D eigenvalue weighted by Gasteiger charge is 2.35. The smallest absolute Gasteiger partial charge is 0.318 e. The largest absolute Gasteiger partial charge is 0.388 e. The Morgan fingerprint density at radius 3 is 2.73 bits per heavy atom. The number of nitrogens with one attached hydrogen (secondary N) is 1. The van der Waals surface area contributed by atoms with Gasteiger partial charge in [-0.05, 0) is 18.4 Å². The van der Waals surface area contributed by atoms with Crippen molar-refractivity contribution in [3.8, 4) is 0 Å². The Morgan fingerprint density at radius 2 is 2.09 bits per heavy atom. The van der Waals surface area contributed by atoms with Gasteiger partial charge in [0.2, 0.25) is 0 Å². The maximum Gasteiger partial charge on any atom is 0.318 e. The Balaban J connectivity index is 1.56. The van der Waals surface area contributed by atoms with Gasteiger partial charge in [-0.3, -0.25) is 0 Å². The van der Waals surface area contributed by atoms with E-state index in [2.05, 4.69) is 5.32 Å². The molecule has 1 aromatic carbocycles. The van der Waals surface area contributed by atoms with Gasteiger partial charge in [-0.15, -0.1) is 0 Å². The summed E-state index contributed by atoms with van der Waals surface area (Å²) in [6.45, 7) is 1.25. The molecule has 1 heterocycles. The lowest BCUT2D eigenvalue weighted by Crippen LogP contribution is -2.49. The molecule has 1 aliphatic carbocycles. The highest BCUT2D eigenvalue weighted by molar-refractivity contribution is 5.75. The summed E-state index contributed by atoms with van der Waals surface area (Å²) in [6, 6.07) is 9.94. The van der Waals surface area contributed by atoms with Crippen molar-refractivity contribution >= 4 is 12.1 Å². The minimum Gasteiger partial charge on any atom is -0.388 e. The van der Waals surface area contributed by atoms with Gasteiger partial charge >= 0.3 is 6.03 Å². The van der Waals surface area contributed by atoms with Gasteiger partial charge in [-0.2, -0.15) is 0 Å². The molecule has 1 saturated carbocycles. The SMILES string of the molecule is O=C(N[C@H]1COC[C@@H]1O)N(CC=Cc1ccccc1)C1CC1. The van der Waals surface area contributed by atoms with Crippen LogP contribution >= 0.6 is 0 Å². The van der Waals surface area contributed by atoms with E-state index in [1.165, 1.54) is 0 Å². The van der Waals surface area contributed by atoms with Gasteiger partial charge < -0.3 is 20.1 Å². The monoisotopic (exact) mass is 302 g/mol. The molecule has 3 rings (SSSR count). The van der Waals surface area contributed by atoms with Crippen LogP contribution in [0.4, 0.5) is 4.79 Å². The highest BCUT2D eigenvalue weighted by atomic mass is 16.5. The molecule has 0 spiro atoms. The first-order valence-electron chi connectivity index (χ1n) is 7.78. The predicted octanol–water partition coefficient (Wildman–Crippen LogP) is 1.63. The Labute approximate surface area is 130 Å². The second-order valence-electron chi connectivity index (χ2n) is 5.86. The predicted molar refractivity (Wildman–Crippen MR) is 84.3 cm³/mol. The van der Waals surface area contributed by atoms with Crippen molar-refractivity contribution in [1.29, 1.82) is 0 Å². The molecule has 2 atom stereocenters. The van der Waals surface area contributed by atoms with Crippen molar-refractivity contribution < 1.29 is 14.6 Å². The highest BCUT2D eigenvalue weighted by Crippen LogP contribution is 2.27. The molecule has 118 valence electrons. The summed E-state index contributed by atoms with van der Waals surface area (Å²) in [5, 5.41) is 12.6. The average molecular weight is 302 g/mol. The van der Waals surface area contributed by atoms with Crippen LogP contribution in [0.2, 0.25) is 0 Å². The van der Waals surface area contributed by atoms with Crippen LogP contribution < -0.4 is 5.32 Å². The van der Waals surface area contributed by atoms with Crippen molar-refractivity contribution in [2.45, 2.75) is 31.0 Å². The van der Waals surface area contributed by atoms with Gasteiger partial charge in [0.25, 0.3) is 0 Å². The third-order valence-electron chi connectivity index (χ3n) is 4.02. The summed E-state index contributed by atoms with van der Waals surface area (Å²) in [4.78, 5) is 14.2. The lowest BCUT2D eigenvalue weighted by atomic mass is 10.2. The van der Waals surface area contributed by atoms with Crippen molar-refractivity contribution in [2.24, 2.45) is 0 Å². The van der Waals surface area contributed by atoms with Gasteiger partial charge in [0.15, 0.2) is 0 Å². The van der Waals surface area contributed by atoms with E-state index in [9.17, 15) is 9.90 Å². The van der Waals surface area contributed by atoms with Gasteiger partial charge in [0, 0.05) is 12.6 Å². The van der Waals surface area contributed by atoms with E-state index in [0.717, 1.165) is 18.4 Å². The van der Waals surface area contributed by atoms with E-state index < -0.39 is 6.10 Å². The molecule has 5 nitrogen and oxygen atoms in total.